The highest BCUT2D eigenvalue weighted by Gasteiger charge is 2.43. The Morgan fingerprint density at radius 2 is 2.08 bits per heavy atom. The van der Waals surface area contributed by atoms with Crippen molar-refractivity contribution in [2.24, 2.45) is 0 Å². The van der Waals surface area contributed by atoms with E-state index in [1.54, 1.807) is 6.07 Å². The lowest BCUT2D eigenvalue weighted by atomic mass is 10.1. The van der Waals surface area contributed by atoms with Crippen molar-refractivity contribution in [3.63, 3.8) is 0 Å². The first-order valence-electron chi connectivity index (χ1n) is 4.11. The summed E-state index contributed by atoms with van der Waals surface area (Å²) in [6.07, 6.45) is 1.37. The highest BCUT2D eigenvalue weighted by atomic mass is 19.1. The van der Waals surface area contributed by atoms with Gasteiger partial charge in [0.15, 0.2) is 0 Å². The molecule has 0 aliphatic heterocycles. The van der Waals surface area contributed by atoms with E-state index in [0.29, 0.717) is 18.4 Å². The molecule has 1 aliphatic rings. The summed E-state index contributed by atoms with van der Waals surface area (Å²) in [6.45, 7) is 1.84. The van der Waals surface area contributed by atoms with E-state index in [4.69, 9.17) is 0 Å². The minimum Gasteiger partial charge on any atom is -0.385 e. The molecule has 0 aromatic heterocycles. The van der Waals surface area contributed by atoms with Gasteiger partial charge in [0.1, 0.15) is 5.82 Å². The van der Waals surface area contributed by atoms with Crippen LogP contribution in [0.2, 0.25) is 0 Å². The normalized spacial score (nSPS) is 19.2. The summed E-state index contributed by atoms with van der Waals surface area (Å²) in [4.78, 5) is 0. The lowest BCUT2D eigenvalue weighted by Gasteiger charge is -2.09. The summed E-state index contributed by atoms with van der Waals surface area (Å²) in [5, 5.41) is 9.63. The fourth-order valence-electron chi connectivity index (χ4n) is 1.39. The zero-order valence-corrected chi connectivity index (χ0v) is 6.97. The standard InChI is InChI=1S/C10H11FO/c1-7-2-3-8(9(11)6-7)10(12)4-5-10/h2-3,6,12H,4-5H2,1H3. The summed E-state index contributed by atoms with van der Waals surface area (Å²) in [5.74, 6) is -0.282. The Hall–Kier alpha value is -0.890. The molecule has 1 N–H and O–H groups in total. The molecular weight excluding hydrogens is 155 g/mol. The Labute approximate surface area is 70.8 Å². The van der Waals surface area contributed by atoms with Gasteiger partial charge in [-0.05, 0) is 31.4 Å². The summed E-state index contributed by atoms with van der Waals surface area (Å²) in [5.41, 5.74) is 0.492. The second-order valence-electron chi connectivity index (χ2n) is 3.51. The Morgan fingerprint density at radius 3 is 2.58 bits per heavy atom. The quantitative estimate of drug-likeness (QED) is 0.677. The van der Waals surface area contributed by atoms with Crippen molar-refractivity contribution in [3.05, 3.63) is 35.1 Å². The second kappa shape index (κ2) is 2.30. The third-order valence-corrected chi connectivity index (χ3v) is 2.35. The maximum absolute atomic E-state index is 13.2. The molecule has 0 spiro atoms. The van der Waals surface area contributed by atoms with Gasteiger partial charge in [0.25, 0.3) is 0 Å². The van der Waals surface area contributed by atoms with E-state index in [1.807, 2.05) is 13.0 Å². The lowest BCUT2D eigenvalue weighted by molar-refractivity contribution is 0.146. The number of hydrogen-bond acceptors (Lipinski definition) is 1. The van der Waals surface area contributed by atoms with Gasteiger partial charge in [0.2, 0.25) is 0 Å². The van der Waals surface area contributed by atoms with Crippen molar-refractivity contribution >= 4 is 0 Å². The summed E-state index contributed by atoms with van der Waals surface area (Å²) in [6, 6.07) is 4.97. The topological polar surface area (TPSA) is 20.2 Å². The van der Waals surface area contributed by atoms with Crippen LogP contribution in [0, 0.1) is 12.7 Å². The van der Waals surface area contributed by atoms with Gasteiger partial charge in [-0.2, -0.15) is 0 Å². The van der Waals surface area contributed by atoms with Crippen LogP contribution in [0.1, 0.15) is 24.0 Å². The zero-order chi connectivity index (χ0) is 8.77. The summed E-state index contributed by atoms with van der Waals surface area (Å²) >= 11 is 0. The van der Waals surface area contributed by atoms with Gasteiger partial charge in [-0.15, -0.1) is 0 Å². The highest BCUT2D eigenvalue weighted by molar-refractivity contribution is 5.31. The molecule has 12 heavy (non-hydrogen) atoms. The van der Waals surface area contributed by atoms with E-state index in [9.17, 15) is 9.50 Å². The Bertz CT molecular complexity index is 316. The van der Waals surface area contributed by atoms with Crippen molar-refractivity contribution in [2.45, 2.75) is 25.4 Å². The minimum absolute atomic E-state index is 0.282. The molecule has 0 radical (unpaired) electrons. The Kier molecular flexibility index (Phi) is 1.48. The van der Waals surface area contributed by atoms with Crippen LogP contribution in [0.4, 0.5) is 4.39 Å². The minimum atomic E-state index is -0.849. The summed E-state index contributed by atoms with van der Waals surface area (Å²) < 4.78 is 13.2. The molecule has 1 aromatic carbocycles. The van der Waals surface area contributed by atoms with Crippen molar-refractivity contribution in [1.29, 1.82) is 0 Å². The van der Waals surface area contributed by atoms with Crippen LogP contribution in [0.15, 0.2) is 18.2 Å². The molecule has 0 heterocycles. The first kappa shape index (κ1) is 7.74. The van der Waals surface area contributed by atoms with E-state index in [2.05, 4.69) is 0 Å². The van der Waals surface area contributed by atoms with E-state index < -0.39 is 5.60 Å². The smallest absolute Gasteiger partial charge is 0.129 e. The fourth-order valence-corrected chi connectivity index (χ4v) is 1.39. The van der Waals surface area contributed by atoms with Crippen LogP contribution < -0.4 is 0 Å². The molecule has 1 aliphatic carbocycles. The Balaban J connectivity index is 2.45. The fraction of sp³-hybridized carbons (Fsp3) is 0.400. The van der Waals surface area contributed by atoms with Crippen molar-refractivity contribution in [3.8, 4) is 0 Å². The number of aryl methyl sites for hydroxylation is 1. The molecule has 2 rings (SSSR count). The number of halogens is 1. The molecule has 2 heteroatoms. The molecule has 1 aromatic rings. The zero-order valence-electron chi connectivity index (χ0n) is 6.97. The molecule has 0 saturated heterocycles. The van der Waals surface area contributed by atoms with E-state index in [0.717, 1.165) is 5.56 Å². The molecule has 1 fully saturated rings. The molecule has 0 bridgehead atoms. The van der Waals surface area contributed by atoms with Gasteiger partial charge in [-0.3, -0.25) is 0 Å². The molecule has 64 valence electrons. The molecular formula is C10H11FO. The monoisotopic (exact) mass is 166 g/mol. The van der Waals surface area contributed by atoms with Crippen LogP contribution in [0.3, 0.4) is 0 Å². The van der Waals surface area contributed by atoms with E-state index in [1.165, 1.54) is 6.07 Å². The maximum atomic E-state index is 13.2. The van der Waals surface area contributed by atoms with Crippen LogP contribution in [-0.2, 0) is 5.60 Å². The van der Waals surface area contributed by atoms with Crippen LogP contribution in [-0.4, -0.2) is 5.11 Å². The second-order valence-corrected chi connectivity index (χ2v) is 3.51. The number of hydrogen-bond donors (Lipinski definition) is 1. The van der Waals surface area contributed by atoms with Gasteiger partial charge in [0, 0.05) is 5.56 Å². The molecule has 0 unspecified atom stereocenters. The third-order valence-electron chi connectivity index (χ3n) is 2.35. The predicted molar refractivity (Wildman–Crippen MR) is 44.3 cm³/mol. The maximum Gasteiger partial charge on any atom is 0.129 e. The number of aliphatic hydroxyl groups is 1. The van der Waals surface area contributed by atoms with Gasteiger partial charge in [0.05, 0.1) is 5.60 Å². The van der Waals surface area contributed by atoms with E-state index >= 15 is 0 Å². The molecule has 1 saturated carbocycles. The molecule has 0 atom stereocenters. The van der Waals surface area contributed by atoms with Gasteiger partial charge >= 0.3 is 0 Å². The SMILES string of the molecule is Cc1ccc(C2(O)CC2)c(F)c1. The molecule has 1 nitrogen and oxygen atoms in total. The summed E-state index contributed by atoms with van der Waals surface area (Å²) in [7, 11) is 0. The lowest BCUT2D eigenvalue weighted by Crippen LogP contribution is -2.06. The van der Waals surface area contributed by atoms with Crippen LogP contribution in [0.25, 0.3) is 0 Å². The van der Waals surface area contributed by atoms with Crippen molar-refractivity contribution in [2.75, 3.05) is 0 Å². The first-order valence-corrected chi connectivity index (χ1v) is 4.11. The average molecular weight is 166 g/mol. The van der Waals surface area contributed by atoms with Crippen molar-refractivity contribution in [1.82, 2.24) is 0 Å². The first-order chi connectivity index (χ1) is 5.62. The largest absolute Gasteiger partial charge is 0.385 e. The van der Waals surface area contributed by atoms with Gasteiger partial charge in [-0.25, -0.2) is 4.39 Å². The number of rotatable bonds is 1. The Morgan fingerprint density at radius 1 is 1.42 bits per heavy atom. The predicted octanol–water partition coefficient (Wildman–Crippen LogP) is 2.12. The number of benzene rings is 1. The molecule has 0 amide bonds. The average Bonchev–Trinajstić information content (AvgIpc) is 2.68. The van der Waals surface area contributed by atoms with Crippen molar-refractivity contribution < 1.29 is 9.50 Å². The third kappa shape index (κ3) is 1.12. The van der Waals surface area contributed by atoms with E-state index in [-0.39, 0.29) is 5.82 Å². The van der Waals surface area contributed by atoms with Gasteiger partial charge < -0.3 is 5.11 Å². The van der Waals surface area contributed by atoms with Crippen LogP contribution in [0.5, 0.6) is 0 Å². The van der Waals surface area contributed by atoms with Gasteiger partial charge in [-0.1, -0.05) is 12.1 Å². The van der Waals surface area contributed by atoms with Crippen LogP contribution >= 0.6 is 0 Å². The highest BCUT2D eigenvalue weighted by Crippen LogP contribution is 2.46.